The molecule has 0 saturated heterocycles. The fraction of sp³-hybridized carbons (Fsp3) is 0.208. The molecule has 0 radical (unpaired) electrons. The second-order valence-electron chi connectivity index (χ2n) is 7.60. The van der Waals surface area contributed by atoms with Crippen LogP contribution in [0.2, 0.25) is 0 Å². The molecular formula is C24H23N5O2S. The molecule has 0 saturated carbocycles. The average molecular weight is 446 g/mol. The number of nitrogens with zero attached hydrogens (tertiary/aromatic N) is 4. The van der Waals surface area contributed by atoms with Gasteiger partial charge in [0.15, 0.2) is 0 Å². The van der Waals surface area contributed by atoms with E-state index in [0.29, 0.717) is 22.0 Å². The first-order valence-corrected chi connectivity index (χ1v) is 11.0. The van der Waals surface area contributed by atoms with Gasteiger partial charge in [0.2, 0.25) is 0 Å². The summed E-state index contributed by atoms with van der Waals surface area (Å²) >= 11 is 1.36. The molecule has 0 bridgehead atoms. The Morgan fingerprint density at radius 3 is 2.44 bits per heavy atom. The summed E-state index contributed by atoms with van der Waals surface area (Å²) in [7, 11) is 0. The van der Waals surface area contributed by atoms with E-state index in [1.807, 2.05) is 44.4 Å². The lowest BCUT2D eigenvalue weighted by Crippen LogP contribution is -2.27. The molecule has 162 valence electrons. The van der Waals surface area contributed by atoms with Gasteiger partial charge in [0.05, 0.1) is 11.7 Å². The van der Waals surface area contributed by atoms with Crippen LogP contribution in [0.3, 0.4) is 0 Å². The third-order valence-electron chi connectivity index (χ3n) is 5.07. The summed E-state index contributed by atoms with van der Waals surface area (Å²) < 4.78 is 0. The van der Waals surface area contributed by atoms with Crippen LogP contribution in [0.25, 0.3) is 11.3 Å². The standard InChI is InChI=1S/C24H23N5O2S/c1-14-4-5-21(28-11-14)17-8-18(22(30)24-25-6-7-32-24)10-19(9-17)23(31)29-15(2)20-12-26-16(3)27-13-20/h4-13,15,22,30H,1-3H3,(H,29,31). The zero-order valence-electron chi connectivity index (χ0n) is 18.0. The molecule has 2 atom stereocenters. The van der Waals surface area contributed by atoms with Crippen LogP contribution < -0.4 is 5.32 Å². The number of aryl methyl sites for hydroxylation is 2. The molecule has 0 aliphatic heterocycles. The van der Waals surface area contributed by atoms with Gasteiger partial charge in [-0.15, -0.1) is 11.3 Å². The molecule has 0 aliphatic carbocycles. The van der Waals surface area contributed by atoms with E-state index < -0.39 is 6.10 Å². The van der Waals surface area contributed by atoms with E-state index in [1.165, 1.54) is 11.3 Å². The van der Waals surface area contributed by atoms with Crippen LogP contribution >= 0.6 is 11.3 Å². The highest BCUT2D eigenvalue weighted by molar-refractivity contribution is 7.09. The molecule has 2 N–H and O–H groups in total. The Morgan fingerprint density at radius 1 is 1.00 bits per heavy atom. The summed E-state index contributed by atoms with van der Waals surface area (Å²) in [6, 6.07) is 8.90. The van der Waals surface area contributed by atoms with Gasteiger partial charge in [-0.25, -0.2) is 15.0 Å². The van der Waals surface area contributed by atoms with Crippen LogP contribution in [0.4, 0.5) is 0 Å². The molecular weight excluding hydrogens is 422 g/mol. The monoisotopic (exact) mass is 445 g/mol. The van der Waals surface area contributed by atoms with Gasteiger partial charge in [0, 0.05) is 46.9 Å². The zero-order chi connectivity index (χ0) is 22.7. The van der Waals surface area contributed by atoms with Crippen molar-refractivity contribution in [3.63, 3.8) is 0 Å². The summed E-state index contributed by atoms with van der Waals surface area (Å²) in [6.45, 7) is 5.66. The predicted molar refractivity (Wildman–Crippen MR) is 123 cm³/mol. The molecule has 3 aromatic heterocycles. The number of benzene rings is 1. The minimum absolute atomic E-state index is 0.264. The minimum atomic E-state index is -0.935. The van der Waals surface area contributed by atoms with E-state index in [1.54, 1.807) is 36.9 Å². The summed E-state index contributed by atoms with van der Waals surface area (Å²) in [6.07, 6.45) is 5.90. The van der Waals surface area contributed by atoms with Crippen molar-refractivity contribution in [3.05, 3.63) is 93.6 Å². The van der Waals surface area contributed by atoms with Crippen molar-refractivity contribution in [3.8, 4) is 11.3 Å². The number of aliphatic hydroxyl groups excluding tert-OH is 1. The largest absolute Gasteiger partial charge is 0.381 e. The highest BCUT2D eigenvalue weighted by Crippen LogP contribution is 2.29. The number of hydrogen-bond donors (Lipinski definition) is 2. The van der Waals surface area contributed by atoms with Crippen LogP contribution in [-0.4, -0.2) is 30.9 Å². The summed E-state index contributed by atoms with van der Waals surface area (Å²) in [4.78, 5) is 30.2. The van der Waals surface area contributed by atoms with Crippen LogP contribution in [0.1, 0.15) is 56.9 Å². The van der Waals surface area contributed by atoms with Crippen molar-refractivity contribution in [2.24, 2.45) is 0 Å². The van der Waals surface area contributed by atoms with Crippen LogP contribution in [0, 0.1) is 13.8 Å². The lowest BCUT2D eigenvalue weighted by molar-refractivity contribution is 0.0939. The average Bonchev–Trinajstić information content (AvgIpc) is 3.34. The highest BCUT2D eigenvalue weighted by atomic mass is 32.1. The molecule has 0 spiro atoms. The van der Waals surface area contributed by atoms with E-state index in [2.05, 4.69) is 25.3 Å². The van der Waals surface area contributed by atoms with Crippen molar-refractivity contribution >= 4 is 17.2 Å². The number of rotatable bonds is 6. The van der Waals surface area contributed by atoms with Crippen LogP contribution in [0.15, 0.2) is 60.5 Å². The first-order chi connectivity index (χ1) is 15.4. The topological polar surface area (TPSA) is 101 Å². The molecule has 4 aromatic rings. The van der Waals surface area contributed by atoms with E-state index in [9.17, 15) is 9.90 Å². The van der Waals surface area contributed by atoms with Crippen molar-refractivity contribution in [1.29, 1.82) is 0 Å². The lowest BCUT2D eigenvalue weighted by atomic mass is 9.99. The van der Waals surface area contributed by atoms with Gasteiger partial charge >= 0.3 is 0 Å². The SMILES string of the molecule is Cc1ccc(-c2cc(C(=O)NC(C)c3cnc(C)nc3)cc(C(O)c3nccs3)c2)nc1. The quantitative estimate of drug-likeness (QED) is 0.462. The minimum Gasteiger partial charge on any atom is -0.381 e. The first kappa shape index (κ1) is 21.7. The molecule has 2 unspecified atom stereocenters. The van der Waals surface area contributed by atoms with Crippen LogP contribution in [-0.2, 0) is 0 Å². The Morgan fingerprint density at radius 2 is 1.78 bits per heavy atom. The van der Waals surface area contributed by atoms with Gasteiger partial charge in [-0.3, -0.25) is 9.78 Å². The molecule has 0 fully saturated rings. The highest BCUT2D eigenvalue weighted by Gasteiger charge is 2.19. The van der Waals surface area contributed by atoms with Gasteiger partial charge < -0.3 is 10.4 Å². The van der Waals surface area contributed by atoms with E-state index >= 15 is 0 Å². The van der Waals surface area contributed by atoms with Crippen LogP contribution in [0.5, 0.6) is 0 Å². The molecule has 1 amide bonds. The maximum absolute atomic E-state index is 13.1. The number of carbonyl (C=O) groups is 1. The Kier molecular flexibility index (Phi) is 6.34. The maximum Gasteiger partial charge on any atom is 0.251 e. The number of aromatic nitrogens is 4. The lowest BCUT2D eigenvalue weighted by Gasteiger charge is -2.16. The molecule has 0 aliphatic rings. The van der Waals surface area contributed by atoms with Crippen molar-refractivity contribution < 1.29 is 9.90 Å². The number of carbonyl (C=O) groups excluding carboxylic acids is 1. The summed E-state index contributed by atoms with van der Waals surface area (Å²) in [5.74, 6) is 0.408. The molecule has 3 heterocycles. The summed E-state index contributed by atoms with van der Waals surface area (Å²) in [5.41, 5.74) is 4.32. The predicted octanol–water partition coefficient (Wildman–Crippen LogP) is 4.18. The maximum atomic E-state index is 13.1. The second kappa shape index (κ2) is 9.33. The molecule has 32 heavy (non-hydrogen) atoms. The van der Waals surface area contributed by atoms with Crippen molar-refractivity contribution in [2.45, 2.75) is 32.9 Å². The van der Waals surface area contributed by atoms with Gasteiger partial charge in [-0.1, -0.05) is 6.07 Å². The Balaban J connectivity index is 1.68. The third-order valence-corrected chi connectivity index (χ3v) is 5.90. The smallest absolute Gasteiger partial charge is 0.251 e. The number of amides is 1. The zero-order valence-corrected chi connectivity index (χ0v) is 18.8. The normalized spacial score (nSPS) is 12.9. The van der Waals surface area contributed by atoms with Gasteiger partial charge in [0.25, 0.3) is 5.91 Å². The van der Waals surface area contributed by atoms with Gasteiger partial charge in [-0.05, 0) is 56.2 Å². The number of hydrogen-bond acceptors (Lipinski definition) is 7. The van der Waals surface area contributed by atoms with Gasteiger partial charge in [0.1, 0.15) is 16.9 Å². The van der Waals surface area contributed by atoms with E-state index in [-0.39, 0.29) is 11.9 Å². The Hall–Kier alpha value is -3.49. The molecule has 4 rings (SSSR count). The number of aliphatic hydroxyl groups is 1. The van der Waals surface area contributed by atoms with E-state index in [0.717, 1.165) is 22.4 Å². The third kappa shape index (κ3) is 4.87. The summed E-state index contributed by atoms with van der Waals surface area (Å²) in [5, 5.41) is 16.2. The van der Waals surface area contributed by atoms with Crippen molar-refractivity contribution in [2.75, 3.05) is 0 Å². The first-order valence-electron chi connectivity index (χ1n) is 10.2. The number of thiazole rings is 1. The van der Waals surface area contributed by atoms with Gasteiger partial charge in [-0.2, -0.15) is 0 Å². The molecule has 8 heteroatoms. The Labute approximate surface area is 190 Å². The molecule has 1 aromatic carbocycles. The van der Waals surface area contributed by atoms with E-state index in [4.69, 9.17) is 0 Å². The molecule has 7 nitrogen and oxygen atoms in total. The second-order valence-corrected chi connectivity index (χ2v) is 8.52. The fourth-order valence-electron chi connectivity index (χ4n) is 3.23. The number of pyridine rings is 1. The van der Waals surface area contributed by atoms with Crippen molar-refractivity contribution in [1.82, 2.24) is 25.3 Å². The number of nitrogens with one attached hydrogen (secondary N) is 1. The Bertz CT molecular complexity index is 1210. The fourth-order valence-corrected chi connectivity index (χ4v) is 3.88.